The first-order chi connectivity index (χ1) is 15.2. The number of benzene rings is 2. The van der Waals surface area contributed by atoms with Gasteiger partial charge in [-0.15, -0.1) is 11.3 Å². The number of nitrogens with zero attached hydrogens (tertiary/aromatic N) is 2. The number of rotatable bonds is 9. The van der Waals surface area contributed by atoms with E-state index in [-0.39, 0.29) is 35.1 Å². The van der Waals surface area contributed by atoms with Crippen LogP contribution in [-0.2, 0) is 23.0 Å². The summed E-state index contributed by atoms with van der Waals surface area (Å²) in [5, 5.41) is 16.0. The van der Waals surface area contributed by atoms with Crippen LogP contribution >= 0.6 is 11.3 Å². The van der Waals surface area contributed by atoms with Crippen LogP contribution in [0.25, 0.3) is 0 Å². The fourth-order valence-corrected chi connectivity index (χ4v) is 3.92. The van der Waals surface area contributed by atoms with E-state index in [9.17, 15) is 23.3 Å². The fraction of sp³-hybridized carbons (Fsp3) is 0.200. The number of carbonyl (C=O) groups excluding carboxylic acids is 1. The maximum Gasteiger partial charge on any atom is 0.286 e. The smallest absolute Gasteiger partial charge is 0.286 e. The fourth-order valence-electron chi connectivity index (χ4n) is 2.75. The predicted molar refractivity (Wildman–Crippen MR) is 117 cm³/mol. The molecule has 1 N–H and O–H groups in total. The average molecular weight is 478 g/mol. The Morgan fingerprint density at radius 2 is 1.94 bits per heavy atom. The summed E-state index contributed by atoms with van der Waals surface area (Å²) in [6.07, 6.45) is 1.10. The van der Waals surface area contributed by atoms with Crippen LogP contribution < -0.4 is 14.8 Å². The van der Waals surface area contributed by atoms with Gasteiger partial charge in [0.05, 0.1) is 34.2 Å². The Morgan fingerprint density at radius 3 is 2.50 bits per heavy atom. The van der Waals surface area contributed by atoms with Crippen molar-refractivity contribution >= 4 is 32.8 Å². The van der Waals surface area contributed by atoms with Gasteiger partial charge in [0.15, 0.2) is 21.3 Å². The van der Waals surface area contributed by atoms with Crippen molar-refractivity contribution in [3.05, 3.63) is 74.2 Å². The lowest BCUT2D eigenvalue weighted by Gasteiger charge is -2.12. The molecule has 32 heavy (non-hydrogen) atoms. The minimum absolute atomic E-state index is 0.0461. The normalized spacial score (nSPS) is 11.1. The molecular weight excluding hydrogens is 458 g/mol. The van der Waals surface area contributed by atoms with Gasteiger partial charge in [-0.1, -0.05) is 12.1 Å². The van der Waals surface area contributed by atoms with Crippen LogP contribution in [0.5, 0.6) is 11.5 Å². The second kappa shape index (κ2) is 9.75. The second-order valence-corrected chi connectivity index (χ2v) is 9.38. The van der Waals surface area contributed by atoms with Crippen molar-refractivity contribution in [2.45, 2.75) is 18.0 Å². The number of hydrogen-bond acceptors (Lipinski definition) is 9. The third-order valence-corrected chi connectivity index (χ3v) is 6.15. The zero-order valence-electron chi connectivity index (χ0n) is 17.1. The number of methoxy groups -OCH3 is 1. The van der Waals surface area contributed by atoms with E-state index in [1.807, 2.05) is 0 Å². The largest absolute Gasteiger partial charge is 0.493 e. The molecule has 0 radical (unpaired) electrons. The standard InChI is InChI=1S/C20H19N3O7S2/c1-29-18-7-16(17(23(25)26)8-19(18)30-10-14-11-31-12-22-14)20(24)21-9-13-3-5-15(6-4-13)32(2,27)28/h3-8,11-12H,9-10H2,1-2H3,(H,21,24). The maximum absolute atomic E-state index is 12.7. The van der Waals surface area contributed by atoms with Crippen molar-refractivity contribution in [3.63, 3.8) is 0 Å². The third-order valence-electron chi connectivity index (χ3n) is 4.39. The molecule has 0 fully saturated rings. The Morgan fingerprint density at radius 1 is 1.22 bits per heavy atom. The monoisotopic (exact) mass is 477 g/mol. The van der Waals surface area contributed by atoms with E-state index in [4.69, 9.17) is 9.47 Å². The number of amides is 1. The SMILES string of the molecule is COc1cc(C(=O)NCc2ccc(S(C)(=O)=O)cc2)c([N+](=O)[O-])cc1OCc1cscn1. The van der Waals surface area contributed by atoms with Gasteiger partial charge < -0.3 is 14.8 Å². The Bertz CT molecular complexity index is 1220. The molecule has 0 saturated carbocycles. The molecule has 3 aromatic rings. The molecule has 1 heterocycles. The van der Waals surface area contributed by atoms with E-state index in [0.717, 1.165) is 12.3 Å². The van der Waals surface area contributed by atoms with Gasteiger partial charge in [0.2, 0.25) is 0 Å². The van der Waals surface area contributed by atoms with E-state index < -0.39 is 26.4 Å². The highest BCUT2D eigenvalue weighted by atomic mass is 32.2. The molecule has 0 atom stereocenters. The molecule has 2 aromatic carbocycles. The Hall–Kier alpha value is -3.51. The van der Waals surface area contributed by atoms with Crippen LogP contribution in [0.3, 0.4) is 0 Å². The second-order valence-electron chi connectivity index (χ2n) is 6.64. The zero-order valence-corrected chi connectivity index (χ0v) is 18.7. The summed E-state index contributed by atoms with van der Waals surface area (Å²) < 4.78 is 33.9. The third kappa shape index (κ3) is 5.59. The van der Waals surface area contributed by atoms with Crippen molar-refractivity contribution in [2.24, 2.45) is 0 Å². The molecule has 0 aliphatic carbocycles. The molecule has 0 saturated heterocycles. The summed E-state index contributed by atoms with van der Waals surface area (Å²) in [7, 11) is -1.97. The number of nitro benzene ring substituents is 1. The van der Waals surface area contributed by atoms with Crippen LogP contribution in [0.4, 0.5) is 5.69 Å². The molecule has 0 bridgehead atoms. The highest BCUT2D eigenvalue weighted by molar-refractivity contribution is 7.90. The lowest BCUT2D eigenvalue weighted by molar-refractivity contribution is -0.385. The molecular formula is C20H19N3O7S2. The summed E-state index contributed by atoms with van der Waals surface area (Å²) in [6, 6.07) is 8.35. The number of ether oxygens (including phenoxy) is 2. The highest BCUT2D eigenvalue weighted by Crippen LogP contribution is 2.35. The van der Waals surface area contributed by atoms with Crippen molar-refractivity contribution in [3.8, 4) is 11.5 Å². The molecule has 0 aliphatic rings. The number of hydrogen-bond donors (Lipinski definition) is 1. The number of nitrogens with one attached hydrogen (secondary N) is 1. The minimum atomic E-state index is -3.33. The highest BCUT2D eigenvalue weighted by Gasteiger charge is 2.25. The van der Waals surface area contributed by atoms with Crippen molar-refractivity contribution < 1.29 is 27.6 Å². The van der Waals surface area contributed by atoms with Crippen molar-refractivity contribution in [1.29, 1.82) is 0 Å². The molecule has 0 spiro atoms. The molecule has 0 unspecified atom stereocenters. The molecule has 1 aromatic heterocycles. The molecule has 12 heteroatoms. The Balaban J connectivity index is 1.79. The summed E-state index contributed by atoms with van der Waals surface area (Å²) in [5.41, 5.74) is 2.29. The van der Waals surface area contributed by atoms with E-state index in [2.05, 4.69) is 10.3 Å². The molecule has 1 amide bonds. The zero-order chi connectivity index (χ0) is 23.3. The van der Waals surface area contributed by atoms with Crippen molar-refractivity contribution in [1.82, 2.24) is 10.3 Å². The Labute approximate surface area is 187 Å². The molecule has 0 aliphatic heterocycles. The first-order valence-electron chi connectivity index (χ1n) is 9.12. The quantitative estimate of drug-likeness (QED) is 0.367. The van der Waals surface area contributed by atoms with Gasteiger partial charge >= 0.3 is 0 Å². The maximum atomic E-state index is 12.7. The number of nitro groups is 1. The van der Waals surface area contributed by atoms with Gasteiger partial charge in [0, 0.05) is 24.2 Å². The van der Waals surface area contributed by atoms with E-state index >= 15 is 0 Å². The van der Waals surface area contributed by atoms with Crippen LogP contribution in [0.2, 0.25) is 0 Å². The molecule has 3 rings (SSSR count). The van der Waals surface area contributed by atoms with Gasteiger partial charge in [-0.3, -0.25) is 14.9 Å². The lowest BCUT2D eigenvalue weighted by atomic mass is 10.1. The number of aromatic nitrogens is 1. The Kier molecular flexibility index (Phi) is 7.05. The van der Waals surface area contributed by atoms with Crippen LogP contribution in [0.15, 0.2) is 52.2 Å². The van der Waals surface area contributed by atoms with Crippen LogP contribution in [-0.4, -0.2) is 37.6 Å². The number of thiazole rings is 1. The number of sulfone groups is 1. The molecule has 168 valence electrons. The summed E-state index contributed by atoms with van der Waals surface area (Å²) >= 11 is 1.39. The van der Waals surface area contributed by atoms with E-state index in [1.54, 1.807) is 23.0 Å². The van der Waals surface area contributed by atoms with Gasteiger partial charge in [0.1, 0.15) is 12.2 Å². The first kappa shape index (κ1) is 23.2. The van der Waals surface area contributed by atoms with Gasteiger partial charge in [-0.05, 0) is 17.7 Å². The lowest BCUT2D eigenvalue weighted by Crippen LogP contribution is -2.24. The average Bonchev–Trinajstić information content (AvgIpc) is 3.28. The van der Waals surface area contributed by atoms with E-state index in [0.29, 0.717) is 11.3 Å². The topological polar surface area (TPSA) is 138 Å². The minimum Gasteiger partial charge on any atom is -0.493 e. The van der Waals surface area contributed by atoms with Gasteiger partial charge in [0.25, 0.3) is 11.6 Å². The van der Waals surface area contributed by atoms with E-state index in [1.165, 1.54) is 36.6 Å². The van der Waals surface area contributed by atoms with Crippen molar-refractivity contribution in [2.75, 3.05) is 13.4 Å². The van der Waals surface area contributed by atoms with Crippen LogP contribution in [0, 0.1) is 10.1 Å². The predicted octanol–water partition coefficient (Wildman–Crippen LogP) is 2.97. The first-order valence-corrected chi connectivity index (χ1v) is 12.0. The summed E-state index contributed by atoms with van der Waals surface area (Å²) in [5.74, 6) is -0.415. The van der Waals surface area contributed by atoms with Gasteiger partial charge in [-0.25, -0.2) is 13.4 Å². The van der Waals surface area contributed by atoms with Gasteiger partial charge in [-0.2, -0.15) is 0 Å². The summed E-state index contributed by atoms with van der Waals surface area (Å²) in [4.78, 5) is 27.8. The number of carbonyl (C=O) groups is 1. The van der Waals surface area contributed by atoms with Crippen LogP contribution in [0.1, 0.15) is 21.6 Å². The summed E-state index contributed by atoms with van der Waals surface area (Å²) in [6.45, 7) is 0.135. The molecule has 10 nitrogen and oxygen atoms in total.